The average molecular weight is 751 g/mol. The third-order valence-corrected chi connectivity index (χ3v) is 5.38. The van der Waals surface area contributed by atoms with E-state index in [0.717, 1.165) is 6.92 Å². The van der Waals surface area contributed by atoms with Crippen LogP contribution in [0.3, 0.4) is 0 Å². The first-order valence-electron chi connectivity index (χ1n) is 8.30. The van der Waals surface area contributed by atoms with Crippen molar-refractivity contribution in [2.75, 3.05) is 13.2 Å². The van der Waals surface area contributed by atoms with Gasteiger partial charge in [0.25, 0.3) is 0 Å². The van der Waals surface area contributed by atoms with Gasteiger partial charge in [0.15, 0.2) is 0 Å². The summed E-state index contributed by atoms with van der Waals surface area (Å²) in [7, 11) is -7.56. The number of carbonyl (C=O) groups is 1. The first-order chi connectivity index (χ1) is 15.8. The summed E-state index contributed by atoms with van der Waals surface area (Å²) in [5.41, 5.74) is -0.435. The molecule has 0 aromatic rings. The summed E-state index contributed by atoms with van der Waals surface area (Å²) in [5, 5.41) is -7.73. The summed E-state index contributed by atoms with van der Waals surface area (Å²) in [5.74, 6) is -53.5. The second-order valence-corrected chi connectivity index (χ2v) is 8.43. The van der Waals surface area contributed by atoms with Crippen LogP contribution in [0.25, 0.3) is 4.72 Å². The first-order valence-corrected chi connectivity index (χ1v) is 9.74. The summed E-state index contributed by atoms with van der Waals surface area (Å²) >= 11 is 0. The molecule has 5 nitrogen and oxygen atoms in total. The van der Waals surface area contributed by atoms with Crippen LogP contribution in [0.2, 0.25) is 0 Å². The van der Waals surface area contributed by atoms with Crippen molar-refractivity contribution in [3.05, 3.63) is 16.9 Å². The quantitative estimate of drug-likeness (QED) is 0.110. The number of rotatable bonds is 12. The van der Waals surface area contributed by atoms with Crippen LogP contribution in [0, 0.1) is 41.3 Å². The summed E-state index contributed by atoms with van der Waals surface area (Å²) in [6.07, 6.45) is -7.91. The Morgan fingerprint density at radius 2 is 1.00 bits per heavy atom. The third-order valence-electron chi connectivity index (χ3n) is 3.95. The van der Waals surface area contributed by atoms with Crippen molar-refractivity contribution in [3.63, 3.8) is 0 Å². The number of carbonyl (C=O) groups excluding carboxylic acids is 1. The van der Waals surface area contributed by atoms with Gasteiger partial charge in [-0.05, 0) is 6.92 Å². The Kier molecular flexibility index (Phi) is 11.7. The summed E-state index contributed by atoms with van der Waals surface area (Å²) < 4.78 is 251. The fraction of sp³-hybridized carbons (Fsp3) is 0.786. The molecule has 24 heteroatoms. The van der Waals surface area contributed by atoms with Crippen LogP contribution in [0.4, 0.5) is 74.6 Å². The van der Waals surface area contributed by atoms with E-state index in [9.17, 15) is 87.8 Å². The Bertz CT molecular complexity index is 993. The smallest absolute Gasteiger partial charge is 0.541 e. The maximum Gasteiger partial charge on any atom is 3.00 e. The molecule has 0 fully saturated rings. The van der Waals surface area contributed by atoms with E-state index in [1.807, 2.05) is 0 Å². The minimum absolute atomic E-state index is 0. The molecular formula is C14H9F17NO4PrS+2. The minimum Gasteiger partial charge on any atom is -0.541 e. The molecule has 220 valence electrons. The van der Waals surface area contributed by atoms with Crippen LogP contribution in [0.1, 0.15) is 6.92 Å². The zero-order chi connectivity index (χ0) is 30.5. The monoisotopic (exact) mass is 751 g/mol. The van der Waals surface area contributed by atoms with E-state index in [-0.39, 0.29) is 41.3 Å². The maximum absolute atomic E-state index is 13.7. The summed E-state index contributed by atoms with van der Waals surface area (Å²) in [4.78, 5) is 11.0. The number of alkyl halides is 17. The van der Waals surface area contributed by atoms with Crippen molar-refractivity contribution < 1.29 is 134 Å². The average Bonchev–Trinajstić information content (AvgIpc) is 2.68. The van der Waals surface area contributed by atoms with Gasteiger partial charge in [-0.15, -0.1) is 6.54 Å². The van der Waals surface area contributed by atoms with Crippen molar-refractivity contribution >= 4 is 16.0 Å². The number of hydrogen-bond acceptors (Lipinski definition) is 4. The van der Waals surface area contributed by atoms with Gasteiger partial charge >= 0.3 is 94.2 Å². The van der Waals surface area contributed by atoms with Gasteiger partial charge < -0.3 is 9.46 Å². The van der Waals surface area contributed by atoms with Gasteiger partial charge in [-0.2, -0.15) is 74.6 Å². The number of ether oxygens (including phenoxy) is 1. The molecule has 0 saturated carbocycles. The van der Waals surface area contributed by atoms with Gasteiger partial charge in [-0.3, -0.25) is 0 Å². The summed E-state index contributed by atoms with van der Waals surface area (Å²) in [6, 6.07) is 0. The number of hydrogen-bond donors (Lipinski definition) is 0. The zero-order valence-corrected chi connectivity index (χ0v) is 22.1. The van der Waals surface area contributed by atoms with Gasteiger partial charge in [-0.1, -0.05) is 6.58 Å². The number of halogens is 17. The van der Waals surface area contributed by atoms with Crippen LogP contribution in [-0.4, -0.2) is 74.5 Å². The van der Waals surface area contributed by atoms with Gasteiger partial charge in [0.05, 0.1) is 6.61 Å². The van der Waals surface area contributed by atoms with Crippen LogP contribution >= 0.6 is 0 Å². The molecule has 0 aliphatic carbocycles. The van der Waals surface area contributed by atoms with Gasteiger partial charge in [-0.25, -0.2) is 13.2 Å². The van der Waals surface area contributed by atoms with Gasteiger partial charge in [0.1, 0.15) is 10.0 Å². The Morgan fingerprint density at radius 1 is 0.684 bits per heavy atom. The fourth-order valence-electron chi connectivity index (χ4n) is 1.81. The topological polar surface area (TPSA) is 74.5 Å². The molecule has 0 spiro atoms. The molecule has 0 aromatic carbocycles. The normalized spacial score (nSPS) is 15.1. The Labute approximate surface area is 233 Å². The minimum atomic E-state index is -8.92. The molecule has 0 N–H and O–H groups in total. The van der Waals surface area contributed by atoms with Crippen LogP contribution in [-0.2, 0) is 19.6 Å². The van der Waals surface area contributed by atoms with Crippen LogP contribution < -0.4 is 0 Å². The van der Waals surface area contributed by atoms with Crippen molar-refractivity contribution in [3.8, 4) is 0 Å². The Hall–Kier alpha value is -0.706. The van der Waals surface area contributed by atoms with Gasteiger partial charge in [0.2, 0.25) is 0 Å². The van der Waals surface area contributed by atoms with E-state index >= 15 is 0 Å². The predicted octanol–water partition coefficient (Wildman–Crippen LogP) is 5.78. The van der Waals surface area contributed by atoms with Crippen LogP contribution in [0.15, 0.2) is 12.2 Å². The van der Waals surface area contributed by atoms with Crippen LogP contribution in [0.5, 0.6) is 0 Å². The molecular weight excluding hydrogens is 742 g/mol. The van der Waals surface area contributed by atoms with Crippen molar-refractivity contribution in [1.82, 2.24) is 0 Å². The molecule has 0 rings (SSSR count). The molecule has 0 aliphatic rings. The van der Waals surface area contributed by atoms with Crippen molar-refractivity contribution in [2.24, 2.45) is 0 Å². The SMILES string of the molecule is C=C(C)C(=O)OCC[N-]S(=O)(=O)C(F)(F)C(F)(F)C(F)(F)C(F)(F)C(F)(F)C(F)(F)C(F)(F)C(F)(F)F.[Pr+3]. The van der Waals surface area contributed by atoms with E-state index in [4.69, 9.17) is 0 Å². The number of esters is 1. The number of nitrogens with zero attached hydrogens (tertiary/aromatic N) is 1. The second kappa shape index (κ2) is 11.3. The fourth-order valence-corrected chi connectivity index (χ4v) is 2.74. The Balaban J connectivity index is 0. The molecule has 0 amide bonds. The Morgan fingerprint density at radius 3 is 1.32 bits per heavy atom. The largest absolute Gasteiger partial charge is 3.00 e. The molecule has 0 unspecified atom stereocenters. The second-order valence-electron chi connectivity index (χ2n) is 6.70. The molecule has 38 heavy (non-hydrogen) atoms. The molecule has 0 heterocycles. The standard InChI is InChI=1S/C14H9F17NO4S.Pr/c1-5(2)6(33)36-4-3-32-37(34,35)14(30,31)12(25,26)10(21,22)8(17,18)7(15,16)9(19,20)11(23,24)13(27,28)29;/h1,3-4H2,2H3;/q-1;+3. The molecule has 0 saturated heterocycles. The molecule has 0 bridgehead atoms. The zero-order valence-electron chi connectivity index (χ0n) is 17.6. The van der Waals surface area contributed by atoms with E-state index in [1.54, 1.807) is 4.72 Å². The third kappa shape index (κ3) is 5.98. The first kappa shape index (κ1) is 39.4. The predicted molar refractivity (Wildman–Crippen MR) is 83.6 cm³/mol. The molecule has 0 aliphatic heterocycles. The van der Waals surface area contributed by atoms with Crippen molar-refractivity contribution in [1.29, 1.82) is 0 Å². The molecule has 0 radical (unpaired) electrons. The summed E-state index contributed by atoms with van der Waals surface area (Å²) in [6.45, 7) is 0.637. The van der Waals surface area contributed by atoms with E-state index in [2.05, 4.69) is 11.3 Å². The van der Waals surface area contributed by atoms with E-state index in [1.165, 1.54) is 0 Å². The van der Waals surface area contributed by atoms with E-state index in [0.29, 0.717) is 0 Å². The number of sulfonamides is 1. The molecule has 0 atom stereocenters. The van der Waals surface area contributed by atoms with Gasteiger partial charge in [0, 0.05) is 5.57 Å². The molecule has 0 aromatic heterocycles. The van der Waals surface area contributed by atoms with Crippen molar-refractivity contribution in [2.45, 2.75) is 53.9 Å². The van der Waals surface area contributed by atoms with E-state index < -0.39 is 81.7 Å². The maximum atomic E-state index is 13.7.